The lowest BCUT2D eigenvalue weighted by atomic mass is 9.77. The van der Waals surface area contributed by atoms with E-state index in [-0.39, 0.29) is 11.3 Å². The molecular weight excluding hydrogens is 342 g/mol. The van der Waals surface area contributed by atoms with Gasteiger partial charge in [0.15, 0.2) is 0 Å². The first-order valence-electron chi connectivity index (χ1n) is 8.31. The van der Waals surface area contributed by atoms with E-state index in [9.17, 15) is 4.79 Å². The van der Waals surface area contributed by atoms with Crippen LogP contribution in [0.15, 0.2) is 23.8 Å². The minimum atomic E-state index is -0.157. The summed E-state index contributed by atoms with van der Waals surface area (Å²) in [7, 11) is 0. The summed E-state index contributed by atoms with van der Waals surface area (Å²) >= 11 is 8.24. The summed E-state index contributed by atoms with van der Waals surface area (Å²) in [4.78, 5) is 20.0. The zero-order valence-corrected chi connectivity index (χ0v) is 15.2. The Balaban J connectivity index is 1.64. The largest absolute Gasteiger partial charge is 0.370 e. The Bertz CT molecular complexity index is 780. The van der Waals surface area contributed by atoms with Gasteiger partial charge in [-0.3, -0.25) is 9.78 Å². The first kappa shape index (κ1) is 15.9. The van der Waals surface area contributed by atoms with Crippen molar-refractivity contribution in [2.24, 2.45) is 5.41 Å². The molecule has 2 fully saturated rings. The maximum absolute atomic E-state index is 12.2. The maximum Gasteiger partial charge on any atom is 0.226 e. The second kappa shape index (κ2) is 6.05. The quantitative estimate of drug-likeness (QED) is 0.882. The summed E-state index contributed by atoms with van der Waals surface area (Å²) in [6.07, 6.45) is 6.36. The van der Waals surface area contributed by atoms with Crippen molar-refractivity contribution in [1.82, 2.24) is 10.3 Å². The van der Waals surface area contributed by atoms with E-state index < -0.39 is 0 Å². The number of aromatic nitrogens is 1. The second-order valence-corrected chi connectivity index (χ2v) is 8.10. The number of nitrogens with one attached hydrogen (secondary N) is 1. The van der Waals surface area contributed by atoms with Gasteiger partial charge >= 0.3 is 0 Å². The molecule has 0 unspecified atom stereocenters. The minimum Gasteiger partial charge on any atom is -0.370 e. The molecule has 1 N–H and O–H groups in total. The van der Waals surface area contributed by atoms with Crippen LogP contribution in [0.2, 0.25) is 5.02 Å². The zero-order valence-electron chi connectivity index (χ0n) is 13.6. The molecule has 1 amide bonds. The van der Waals surface area contributed by atoms with Crippen LogP contribution in [0.3, 0.4) is 0 Å². The highest BCUT2D eigenvalue weighted by Crippen LogP contribution is 2.44. The van der Waals surface area contributed by atoms with Crippen LogP contribution in [0.4, 0.5) is 5.69 Å². The summed E-state index contributed by atoms with van der Waals surface area (Å²) in [6, 6.07) is 2.18. The number of hydrogen-bond donors (Lipinski definition) is 1. The smallest absolute Gasteiger partial charge is 0.226 e. The number of carbonyl (C=O) groups is 1. The van der Waals surface area contributed by atoms with Crippen LogP contribution in [0, 0.1) is 12.3 Å². The molecular formula is C18H20ClN3OS. The van der Waals surface area contributed by atoms with E-state index in [0.717, 1.165) is 50.1 Å². The number of pyridine rings is 1. The molecule has 126 valence electrons. The lowest BCUT2D eigenvalue weighted by molar-refractivity contribution is -0.128. The van der Waals surface area contributed by atoms with Crippen molar-refractivity contribution in [3.05, 3.63) is 34.4 Å². The van der Waals surface area contributed by atoms with E-state index in [4.69, 9.17) is 11.6 Å². The zero-order chi connectivity index (χ0) is 16.7. The van der Waals surface area contributed by atoms with Crippen LogP contribution in [-0.4, -0.2) is 30.5 Å². The minimum absolute atomic E-state index is 0.157. The Morgan fingerprint density at radius 1 is 1.29 bits per heavy atom. The fraction of sp³-hybridized carbons (Fsp3) is 0.444. The van der Waals surface area contributed by atoms with E-state index >= 15 is 0 Å². The van der Waals surface area contributed by atoms with E-state index in [2.05, 4.69) is 33.6 Å². The number of carbonyl (C=O) groups excluding carboxylic acids is 1. The topological polar surface area (TPSA) is 45.2 Å². The Morgan fingerprint density at radius 3 is 2.71 bits per heavy atom. The number of aryl methyl sites for hydroxylation is 1. The van der Waals surface area contributed by atoms with E-state index in [1.54, 1.807) is 17.5 Å². The fourth-order valence-corrected chi connectivity index (χ4v) is 5.04. The molecule has 2 saturated heterocycles. The summed E-state index contributed by atoms with van der Waals surface area (Å²) in [5.41, 5.74) is 3.24. The number of anilines is 1. The molecule has 2 aliphatic rings. The highest BCUT2D eigenvalue weighted by atomic mass is 35.5. The van der Waals surface area contributed by atoms with Crippen molar-refractivity contribution in [1.29, 1.82) is 0 Å². The number of hydrogen-bond acceptors (Lipinski definition) is 4. The predicted molar refractivity (Wildman–Crippen MR) is 98.8 cm³/mol. The van der Waals surface area contributed by atoms with Gasteiger partial charge in [-0.15, -0.1) is 11.3 Å². The molecule has 0 saturated carbocycles. The van der Waals surface area contributed by atoms with Gasteiger partial charge in [0.25, 0.3) is 0 Å². The Kier molecular flexibility index (Phi) is 4.01. The average Bonchev–Trinajstić information content (AvgIpc) is 3.16. The molecule has 2 aromatic rings. The van der Waals surface area contributed by atoms with Gasteiger partial charge in [-0.2, -0.15) is 0 Å². The monoisotopic (exact) mass is 361 g/mol. The standard InChI is InChI=1S/C18H20ClN3OS/c1-12-8-15(24-11-12)13-9-20-10-14(19)16(13)22-6-3-18(4-7-22)2-5-21-17(18)23/h8-11H,2-7H2,1H3,(H,21,23). The SMILES string of the molecule is Cc1csc(-c2cncc(Cl)c2N2CCC3(CCNC3=O)CC2)c1. The maximum atomic E-state index is 12.2. The number of halogens is 1. The molecule has 4 nitrogen and oxygen atoms in total. The van der Waals surface area contributed by atoms with Gasteiger partial charge in [0.1, 0.15) is 0 Å². The number of amides is 1. The van der Waals surface area contributed by atoms with E-state index in [1.165, 1.54) is 10.4 Å². The number of nitrogens with zero attached hydrogens (tertiary/aromatic N) is 2. The third kappa shape index (κ3) is 2.60. The van der Waals surface area contributed by atoms with Gasteiger partial charge in [0.2, 0.25) is 5.91 Å². The van der Waals surface area contributed by atoms with Crippen molar-refractivity contribution < 1.29 is 4.79 Å². The Morgan fingerprint density at radius 2 is 2.08 bits per heavy atom. The first-order valence-corrected chi connectivity index (χ1v) is 9.57. The van der Waals surface area contributed by atoms with E-state index in [0.29, 0.717) is 5.02 Å². The Hall–Kier alpha value is -1.59. The molecule has 0 aromatic carbocycles. The van der Waals surface area contributed by atoms with Crippen molar-refractivity contribution in [2.45, 2.75) is 26.2 Å². The Labute approximate surface area is 150 Å². The van der Waals surface area contributed by atoms with Gasteiger partial charge in [-0.05, 0) is 43.2 Å². The molecule has 24 heavy (non-hydrogen) atoms. The summed E-state index contributed by atoms with van der Waals surface area (Å²) in [6.45, 7) is 4.62. The van der Waals surface area contributed by atoms with Gasteiger partial charge in [-0.25, -0.2) is 0 Å². The van der Waals surface area contributed by atoms with Crippen molar-refractivity contribution in [3.8, 4) is 10.4 Å². The van der Waals surface area contributed by atoms with Gasteiger partial charge in [0, 0.05) is 42.5 Å². The summed E-state index contributed by atoms with van der Waals surface area (Å²) in [5, 5.41) is 5.83. The van der Waals surface area contributed by atoms with Crippen molar-refractivity contribution in [3.63, 3.8) is 0 Å². The van der Waals surface area contributed by atoms with Crippen LogP contribution < -0.4 is 10.2 Å². The highest BCUT2D eigenvalue weighted by Gasteiger charge is 2.44. The van der Waals surface area contributed by atoms with Crippen molar-refractivity contribution in [2.75, 3.05) is 24.5 Å². The van der Waals surface area contributed by atoms with Crippen LogP contribution in [0.1, 0.15) is 24.8 Å². The molecule has 0 atom stereocenters. The van der Waals surface area contributed by atoms with Crippen molar-refractivity contribution >= 4 is 34.5 Å². The van der Waals surface area contributed by atoms with Crippen LogP contribution >= 0.6 is 22.9 Å². The lowest BCUT2D eigenvalue weighted by Gasteiger charge is -2.39. The first-order chi connectivity index (χ1) is 11.6. The number of thiophene rings is 1. The fourth-order valence-electron chi connectivity index (χ4n) is 3.85. The second-order valence-electron chi connectivity index (χ2n) is 6.78. The summed E-state index contributed by atoms with van der Waals surface area (Å²) < 4.78 is 0. The van der Waals surface area contributed by atoms with Crippen LogP contribution in [0.25, 0.3) is 10.4 Å². The van der Waals surface area contributed by atoms with Gasteiger partial charge in [0.05, 0.1) is 16.1 Å². The molecule has 4 heterocycles. The molecule has 0 aliphatic carbocycles. The van der Waals surface area contributed by atoms with E-state index in [1.807, 2.05) is 6.20 Å². The summed E-state index contributed by atoms with van der Waals surface area (Å²) in [5.74, 6) is 0.233. The molecule has 0 radical (unpaired) electrons. The normalized spacial score (nSPS) is 19.8. The molecule has 4 rings (SSSR count). The molecule has 1 spiro atoms. The third-order valence-corrected chi connectivity index (χ3v) is 6.63. The predicted octanol–water partition coefficient (Wildman–Crippen LogP) is 3.88. The average molecular weight is 362 g/mol. The molecule has 2 aromatic heterocycles. The lowest BCUT2D eigenvalue weighted by Crippen LogP contribution is -2.44. The van der Waals surface area contributed by atoms with Crippen LogP contribution in [0.5, 0.6) is 0 Å². The molecule has 6 heteroatoms. The number of rotatable bonds is 2. The van der Waals surface area contributed by atoms with Gasteiger partial charge in [-0.1, -0.05) is 11.6 Å². The molecule has 2 aliphatic heterocycles. The van der Waals surface area contributed by atoms with Crippen LogP contribution in [-0.2, 0) is 4.79 Å². The molecule has 0 bridgehead atoms. The number of piperidine rings is 1. The highest BCUT2D eigenvalue weighted by molar-refractivity contribution is 7.13. The third-order valence-electron chi connectivity index (χ3n) is 5.28. The van der Waals surface area contributed by atoms with Gasteiger partial charge < -0.3 is 10.2 Å².